The van der Waals surface area contributed by atoms with Crippen molar-refractivity contribution in [3.63, 3.8) is 0 Å². The number of nitrogens with one attached hydrogen (secondary N) is 1. The maximum Gasteiger partial charge on any atom is 0.257 e. The molecule has 0 radical (unpaired) electrons. The molecule has 128 valence electrons. The summed E-state index contributed by atoms with van der Waals surface area (Å²) < 4.78 is 18.3. The van der Waals surface area contributed by atoms with Crippen molar-refractivity contribution in [2.24, 2.45) is 5.92 Å². The number of hydrogen-bond acceptors (Lipinski definition) is 3. The van der Waals surface area contributed by atoms with E-state index >= 15 is 0 Å². The van der Waals surface area contributed by atoms with E-state index in [1.54, 1.807) is 0 Å². The third-order valence-electron chi connectivity index (χ3n) is 4.20. The Hall–Kier alpha value is -1.33. The van der Waals surface area contributed by atoms with Gasteiger partial charge in [0.15, 0.2) is 6.61 Å². The molecular formula is C17H23ClFNO3. The fourth-order valence-corrected chi connectivity index (χ4v) is 3.05. The van der Waals surface area contributed by atoms with Crippen molar-refractivity contribution in [2.45, 2.75) is 44.6 Å². The molecule has 2 N–H and O–H groups in total. The number of halogens is 2. The third kappa shape index (κ3) is 5.99. The van der Waals surface area contributed by atoms with Gasteiger partial charge in [0.25, 0.3) is 5.91 Å². The topological polar surface area (TPSA) is 58.6 Å². The van der Waals surface area contributed by atoms with Crippen molar-refractivity contribution in [1.29, 1.82) is 0 Å². The van der Waals surface area contributed by atoms with Gasteiger partial charge in [-0.25, -0.2) is 4.39 Å². The molecule has 2 unspecified atom stereocenters. The van der Waals surface area contributed by atoms with E-state index in [1.807, 2.05) is 0 Å². The van der Waals surface area contributed by atoms with Crippen LogP contribution in [0, 0.1) is 11.7 Å². The number of carbonyl (C=O) groups is 1. The van der Waals surface area contributed by atoms with Crippen molar-refractivity contribution in [1.82, 2.24) is 5.32 Å². The molecule has 0 aromatic heterocycles. The summed E-state index contributed by atoms with van der Waals surface area (Å²) in [4.78, 5) is 11.7. The van der Waals surface area contributed by atoms with Crippen LogP contribution in [0.1, 0.15) is 38.5 Å². The number of benzene rings is 1. The maximum absolute atomic E-state index is 13.0. The summed E-state index contributed by atoms with van der Waals surface area (Å²) >= 11 is 5.64. The van der Waals surface area contributed by atoms with Gasteiger partial charge in [-0.05, 0) is 43.7 Å². The quantitative estimate of drug-likeness (QED) is 0.747. The monoisotopic (exact) mass is 343 g/mol. The second-order valence-electron chi connectivity index (χ2n) is 5.97. The SMILES string of the molecule is O=C(COc1ccc(F)c(Cl)c1)NCCCC1CCCCC1O. The van der Waals surface area contributed by atoms with E-state index in [2.05, 4.69) is 5.32 Å². The van der Waals surface area contributed by atoms with Crippen LogP contribution in [0.2, 0.25) is 5.02 Å². The van der Waals surface area contributed by atoms with Gasteiger partial charge in [-0.3, -0.25) is 4.79 Å². The maximum atomic E-state index is 13.0. The average molecular weight is 344 g/mol. The first-order valence-corrected chi connectivity index (χ1v) is 8.46. The van der Waals surface area contributed by atoms with Gasteiger partial charge >= 0.3 is 0 Å². The van der Waals surface area contributed by atoms with Crippen LogP contribution in [0.3, 0.4) is 0 Å². The Morgan fingerprint density at radius 1 is 1.39 bits per heavy atom. The fraction of sp³-hybridized carbons (Fsp3) is 0.588. The van der Waals surface area contributed by atoms with Crippen molar-refractivity contribution in [3.05, 3.63) is 29.0 Å². The Morgan fingerprint density at radius 2 is 2.17 bits per heavy atom. The molecule has 2 atom stereocenters. The zero-order chi connectivity index (χ0) is 16.7. The van der Waals surface area contributed by atoms with Gasteiger partial charge in [-0.2, -0.15) is 0 Å². The highest BCUT2D eigenvalue weighted by Gasteiger charge is 2.22. The lowest BCUT2D eigenvalue weighted by atomic mass is 9.83. The molecule has 1 aromatic rings. The number of hydrogen-bond donors (Lipinski definition) is 2. The van der Waals surface area contributed by atoms with Crippen molar-refractivity contribution in [3.8, 4) is 5.75 Å². The van der Waals surface area contributed by atoms with Crippen LogP contribution < -0.4 is 10.1 Å². The first kappa shape index (κ1) is 18.0. The van der Waals surface area contributed by atoms with Crippen molar-refractivity contribution in [2.75, 3.05) is 13.2 Å². The van der Waals surface area contributed by atoms with E-state index in [0.717, 1.165) is 32.1 Å². The molecule has 1 fully saturated rings. The summed E-state index contributed by atoms with van der Waals surface area (Å²) in [5.74, 6) is -0.0295. The zero-order valence-electron chi connectivity index (χ0n) is 13.1. The Balaban J connectivity index is 1.60. The van der Waals surface area contributed by atoms with E-state index in [-0.39, 0.29) is 23.6 Å². The predicted octanol–water partition coefficient (Wildman–Crippen LogP) is 3.31. The molecular weight excluding hydrogens is 321 g/mol. The first-order valence-electron chi connectivity index (χ1n) is 8.09. The molecule has 1 aromatic carbocycles. The molecule has 1 saturated carbocycles. The second-order valence-corrected chi connectivity index (χ2v) is 6.38. The lowest BCUT2D eigenvalue weighted by Gasteiger charge is -2.27. The van der Waals surface area contributed by atoms with Gasteiger partial charge < -0.3 is 15.2 Å². The predicted molar refractivity (Wildman–Crippen MR) is 87.1 cm³/mol. The summed E-state index contributed by atoms with van der Waals surface area (Å²) in [7, 11) is 0. The summed E-state index contributed by atoms with van der Waals surface area (Å²) in [6, 6.07) is 3.97. The smallest absolute Gasteiger partial charge is 0.257 e. The van der Waals surface area contributed by atoms with Crippen LogP contribution in [0.25, 0.3) is 0 Å². The van der Waals surface area contributed by atoms with Gasteiger partial charge in [0.05, 0.1) is 11.1 Å². The zero-order valence-corrected chi connectivity index (χ0v) is 13.8. The minimum absolute atomic E-state index is 0.0334. The van der Waals surface area contributed by atoms with E-state index in [1.165, 1.54) is 24.6 Å². The molecule has 6 heteroatoms. The van der Waals surface area contributed by atoms with Crippen LogP contribution >= 0.6 is 11.6 Å². The van der Waals surface area contributed by atoms with Crippen molar-refractivity contribution < 1.29 is 19.0 Å². The van der Waals surface area contributed by atoms with Crippen LogP contribution in [0.5, 0.6) is 5.75 Å². The molecule has 23 heavy (non-hydrogen) atoms. The van der Waals surface area contributed by atoms with E-state index in [0.29, 0.717) is 18.2 Å². The molecule has 1 amide bonds. The summed E-state index contributed by atoms with van der Waals surface area (Å²) in [5, 5.41) is 12.6. The van der Waals surface area contributed by atoms with Gasteiger partial charge in [0.2, 0.25) is 0 Å². The van der Waals surface area contributed by atoms with Gasteiger partial charge in [-0.15, -0.1) is 0 Å². The van der Waals surface area contributed by atoms with Crippen LogP contribution in [-0.4, -0.2) is 30.3 Å². The number of carbonyl (C=O) groups excluding carboxylic acids is 1. The van der Waals surface area contributed by atoms with Gasteiger partial charge in [-0.1, -0.05) is 24.4 Å². The number of amides is 1. The third-order valence-corrected chi connectivity index (χ3v) is 4.49. The lowest BCUT2D eigenvalue weighted by Crippen LogP contribution is -2.31. The average Bonchev–Trinajstić information content (AvgIpc) is 2.54. The highest BCUT2D eigenvalue weighted by Crippen LogP contribution is 2.27. The summed E-state index contributed by atoms with van der Waals surface area (Å²) in [5.41, 5.74) is 0. The summed E-state index contributed by atoms with van der Waals surface area (Å²) in [6.07, 6.45) is 5.84. The van der Waals surface area contributed by atoms with E-state index in [9.17, 15) is 14.3 Å². The van der Waals surface area contributed by atoms with Crippen LogP contribution in [0.15, 0.2) is 18.2 Å². The largest absolute Gasteiger partial charge is 0.484 e. The molecule has 1 aliphatic carbocycles. The van der Waals surface area contributed by atoms with Crippen LogP contribution in [-0.2, 0) is 4.79 Å². The highest BCUT2D eigenvalue weighted by molar-refractivity contribution is 6.30. The normalized spacial score (nSPS) is 21.0. The molecule has 4 nitrogen and oxygen atoms in total. The molecule has 0 saturated heterocycles. The van der Waals surface area contributed by atoms with Gasteiger partial charge in [0.1, 0.15) is 11.6 Å². The molecule has 0 spiro atoms. The van der Waals surface area contributed by atoms with Gasteiger partial charge in [0, 0.05) is 12.6 Å². The van der Waals surface area contributed by atoms with Crippen LogP contribution in [0.4, 0.5) is 4.39 Å². The van der Waals surface area contributed by atoms with Crippen molar-refractivity contribution >= 4 is 17.5 Å². The minimum Gasteiger partial charge on any atom is -0.484 e. The number of aliphatic hydroxyl groups is 1. The number of rotatable bonds is 7. The standard InChI is InChI=1S/C17H23ClFNO3/c18-14-10-13(7-8-15(14)19)23-11-17(22)20-9-3-5-12-4-1-2-6-16(12)21/h7-8,10,12,16,21H,1-6,9,11H2,(H,20,22). The molecule has 0 bridgehead atoms. The molecule has 0 heterocycles. The van der Waals surface area contributed by atoms with E-state index < -0.39 is 5.82 Å². The number of aliphatic hydroxyl groups excluding tert-OH is 1. The number of ether oxygens (including phenoxy) is 1. The Labute approximate surface area is 141 Å². The Morgan fingerprint density at radius 3 is 2.91 bits per heavy atom. The lowest BCUT2D eigenvalue weighted by molar-refractivity contribution is -0.123. The highest BCUT2D eigenvalue weighted by atomic mass is 35.5. The molecule has 1 aliphatic rings. The van der Waals surface area contributed by atoms with E-state index in [4.69, 9.17) is 16.3 Å². The minimum atomic E-state index is -0.520. The second kappa shape index (κ2) is 9.08. The molecule has 2 rings (SSSR count). The Bertz CT molecular complexity index is 527. The molecule has 0 aliphatic heterocycles. The Kier molecular flexibility index (Phi) is 7.12. The first-order chi connectivity index (χ1) is 11.1. The fourth-order valence-electron chi connectivity index (χ4n) is 2.88. The summed E-state index contributed by atoms with van der Waals surface area (Å²) in [6.45, 7) is 0.434.